The molecular weight excluding hydrogens is 224 g/mol. The monoisotopic (exact) mass is 236 g/mol. The Morgan fingerprint density at radius 1 is 1.29 bits per heavy atom. The maximum absolute atomic E-state index is 11.4. The predicted molar refractivity (Wildman–Crippen MR) is 61.0 cm³/mol. The van der Waals surface area contributed by atoms with Gasteiger partial charge in [0, 0.05) is 6.08 Å². The average molecular weight is 236 g/mol. The van der Waals surface area contributed by atoms with E-state index in [2.05, 4.69) is 4.74 Å². The van der Waals surface area contributed by atoms with Crippen LogP contribution < -0.4 is 4.74 Å². The Bertz CT molecular complexity index is 462. The van der Waals surface area contributed by atoms with Gasteiger partial charge in [0.25, 0.3) is 0 Å². The standard InChI is InChI=1S/C12H12O5/c1-16-10-5-3-8(4-6-11(13)14)7-9(10)12(15)17-2/h3-7H,1-2H3,(H,13,14). The lowest BCUT2D eigenvalue weighted by molar-refractivity contribution is -0.131. The zero-order valence-corrected chi connectivity index (χ0v) is 9.47. The Labute approximate surface area is 98.3 Å². The van der Waals surface area contributed by atoms with Crippen molar-refractivity contribution in [2.45, 2.75) is 0 Å². The fraction of sp³-hybridized carbons (Fsp3) is 0.167. The van der Waals surface area contributed by atoms with E-state index in [9.17, 15) is 9.59 Å². The molecule has 0 aliphatic carbocycles. The molecule has 0 aliphatic heterocycles. The lowest BCUT2D eigenvalue weighted by Crippen LogP contribution is -2.04. The molecule has 0 bridgehead atoms. The number of ether oxygens (including phenoxy) is 2. The zero-order chi connectivity index (χ0) is 12.8. The van der Waals surface area contributed by atoms with Crippen molar-refractivity contribution in [3.8, 4) is 5.75 Å². The molecule has 1 aromatic rings. The van der Waals surface area contributed by atoms with Gasteiger partial charge in [-0.2, -0.15) is 0 Å². The van der Waals surface area contributed by atoms with Crippen LogP contribution in [0.5, 0.6) is 5.75 Å². The predicted octanol–water partition coefficient (Wildman–Crippen LogP) is 1.58. The van der Waals surface area contributed by atoms with E-state index in [-0.39, 0.29) is 5.56 Å². The molecule has 17 heavy (non-hydrogen) atoms. The number of benzene rings is 1. The number of methoxy groups -OCH3 is 2. The quantitative estimate of drug-likeness (QED) is 0.634. The Balaban J connectivity index is 3.13. The molecule has 1 aromatic carbocycles. The van der Waals surface area contributed by atoms with Crippen LogP contribution in [-0.4, -0.2) is 31.3 Å². The number of carbonyl (C=O) groups excluding carboxylic acids is 1. The summed E-state index contributed by atoms with van der Waals surface area (Å²) in [6, 6.07) is 4.72. The molecule has 0 radical (unpaired) electrons. The highest BCUT2D eigenvalue weighted by Crippen LogP contribution is 2.21. The first-order valence-electron chi connectivity index (χ1n) is 4.76. The zero-order valence-electron chi connectivity index (χ0n) is 9.47. The van der Waals surface area contributed by atoms with E-state index in [1.54, 1.807) is 12.1 Å². The fourth-order valence-corrected chi connectivity index (χ4v) is 1.27. The van der Waals surface area contributed by atoms with Crippen LogP contribution >= 0.6 is 0 Å². The maximum Gasteiger partial charge on any atom is 0.341 e. The second-order valence-corrected chi connectivity index (χ2v) is 3.12. The largest absolute Gasteiger partial charge is 0.496 e. The lowest BCUT2D eigenvalue weighted by Gasteiger charge is -2.07. The van der Waals surface area contributed by atoms with Gasteiger partial charge in [-0.15, -0.1) is 0 Å². The Morgan fingerprint density at radius 3 is 2.53 bits per heavy atom. The first-order valence-corrected chi connectivity index (χ1v) is 4.76. The molecule has 1 N–H and O–H groups in total. The summed E-state index contributed by atoms with van der Waals surface area (Å²) in [7, 11) is 2.70. The number of carbonyl (C=O) groups is 2. The summed E-state index contributed by atoms with van der Waals surface area (Å²) >= 11 is 0. The van der Waals surface area contributed by atoms with Crippen LogP contribution in [-0.2, 0) is 9.53 Å². The topological polar surface area (TPSA) is 72.8 Å². The van der Waals surface area contributed by atoms with Gasteiger partial charge in [-0.3, -0.25) is 0 Å². The molecule has 0 fully saturated rings. The SMILES string of the molecule is COC(=O)c1cc(C=CC(=O)O)ccc1OC. The molecule has 0 amide bonds. The minimum absolute atomic E-state index is 0.252. The highest BCUT2D eigenvalue weighted by Gasteiger charge is 2.12. The number of hydrogen-bond acceptors (Lipinski definition) is 4. The summed E-state index contributed by atoms with van der Waals surface area (Å²) < 4.78 is 9.61. The van der Waals surface area contributed by atoms with Gasteiger partial charge in [-0.25, -0.2) is 9.59 Å². The van der Waals surface area contributed by atoms with E-state index in [4.69, 9.17) is 9.84 Å². The van der Waals surface area contributed by atoms with Gasteiger partial charge in [0.15, 0.2) is 0 Å². The van der Waals surface area contributed by atoms with Crippen LogP contribution in [0.4, 0.5) is 0 Å². The molecule has 90 valence electrons. The van der Waals surface area contributed by atoms with Crippen molar-refractivity contribution in [1.82, 2.24) is 0 Å². The van der Waals surface area contributed by atoms with Crippen molar-refractivity contribution in [3.05, 3.63) is 35.4 Å². The van der Waals surface area contributed by atoms with Crippen LogP contribution in [0.1, 0.15) is 15.9 Å². The van der Waals surface area contributed by atoms with E-state index in [0.29, 0.717) is 11.3 Å². The van der Waals surface area contributed by atoms with Gasteiger partial charge in [0.1, 0.15) is 11.3 Å². The van der Waals surface area contributed by atoms with E-state index < -0.39 is 11.9 Å². The molecule has 1 rings (SSSR count). The normalized spacial score (nSPS) is 10.2. The second-order valence-electron chi connectivity index (χ2n) is 3.12. The van der Waals surface area contributed by atoms with Gasteiger partial charge >= 0.3 is 11.9 Å². The maximum atomic E-state index is 11.4. The van der Waals surface area contributed by atoms with E-state index >= 15 is 0 Å². The van der Waals surface area contributed by atoms with Crippen molar-refractivity contribution in [2.75, 3.05) is 14.2 Å². The highest BCUT2D eigenvalue weighted by atomic mass is 16.5. The molecule has 5 heteroatoms. The number of rotatable bonds is 4. The summed E-state index contributed by atoms with van der Waals surface area (Å²) in [5.41, 5.74) is 0.830. The number of esters is 1. The summed E-state index contributed by atoms with van der Waals surface area (Å²) in [5.74, 6) is -1.21. The lowest BCUT2D eigenvalue weighted by atomic mass is 10.1. The first kappa shape index (κ1) is 12.8. The Hall–Kier alpha value is -2.30. The number of carboxylic acid groups (broad SMARTS) is 1. The molecular formula is C12H12O5. The van der Waals surface area contributed by atoms with Gasteiger partial charge < -0.3 is 14.6 Å². The summed E-state index contributed by atoms with van der Waals surface area (Å²) in [5, 5.41) is 8.50. The molecule has 0 saturated heterocycles. The molecule has 0 unspecified atom stereocenters. The molecule has 0 aliphatic rings. The van der Waals surface area contributed by atoms with Crippen molar-refractivity contribution < 1.29 is 24.2 Å². The van der Waals surface area contributed by atoms with Gasteiger partial charge in [0.05, 0.1) is 14.2 Å². The smallest absolute Gasteiger partial charge is 0.341 e. The summed E-state index contributed by atoms with van der Waals surface area (Å²) in [4.78, 5) is 21.8. The summed E-state index contributed by atoms with van der Waals surface area (Å²) in [6.45, 7) is 0. The highest BCUT2D eigenvalue weighted by molar-refractivity contribution is 5.93. The van der Waals surface area contributed by atoms with Crippen LogP contribution in [0.2, 0.25) is 0 Å². The molecule has 0 saturated carbocycles. The van der Waals surface area contributed by atoms with Crippen molar-refractivity contribution >= 4 is 18.0 Å². The van der Waals surface area contributed by atoms with Gasteiger partial charge in [0.2, 0.25) is 0 Å². The first-order chi connectivity index (χ1) is 8.08. The third-order valence-corrected chi connectivity index (χ3v) is 2.05. The number of hydrogen-bond donors (Lipinski definition) is 1. The van der Waals surface area contributed by atoms with E-state index in [1.807, 2.05) is 0 Å². The van der Waals surface area contributed by atoms with E-state index in [1.165, 1.54) is 26.4 Å². The van der Waals surface area contributed by atoms with Crippen molar-refractivity contribution in [2.24, 2.45) is 0 Å². The summed E-state index contributed by atoms with van der Waals surface area (Å²) in [6.07, 6.45) is 2.37. The minimum Gasteiger partial charge on any atom is -0.496 e. The third-order valence-electron chi connectivity index (χ3n) is 2.05. The molecule has 0 aromatic heterocycles. The average Bonchev–Trinajstić information content (AvgIpc) is 2.34. The van der Waals surface area contributed by atoms with E-state index in [0.717, 1.165) is 6.08 Å². The van der Waals surface area contributed by atoms with Crippen LogP contribution in [0.25, 0.3) is 6.08 Å². The Kier molecular flexibility index (Phi) is 4.28. The second kappa shape index (κ2) is 5.69. The molecule has 0 heterocycles. The number of carboxylic acids is 1. The Morgan fingerprint density at radius 2 is 2.00 bits per heavy atom. The molecule has 0 atom stereocenters. The number of aliphatic carboxylic acids is 1. The van der Waals surface area contributed by atoms with Crippen LogP contribution in [0.15, 0.2) is 24.3 Å². The minimum atomic E-state index is -1.06. The molecule has 0 spiro atoms. The van der Waals surface area contributed by atoms with Crippen LogP contribution in [0.3, 0.4) is 0 Å². The van der Waals surface area contributed by atoms with Gasteiger partial charge in [-0.1, -0.05) is 6.07 Å². The van der Waals surface area contributed by atoms with Crippen molar-refractivity contribution in [1.29, 1.82) is 0 Å². The fourth-order valence-electron chi connectivity index (χ4n) is 1.27. The van der Waals surface area contributed by atoms with Gasteiger partial charge in [-0.05, 0) is 23.8 Å². The third kappa shape index (κ3) is 3.34. The van der Waals surface area contributed by atoms with Crippen LogP contribution in [0, 0.1) is 0 Å². The van der Waals surface area contributed by atoms with Crippen molar-refractivity contribution in [3.63, 3.8) is 0 Å². The molecule has 5 nitrogen and oxygen atoms in total.